The summed E-state index contributed by atoms with van der Waals surface area (Å²) in [7, 11) is 0. The van der Waals surface area contributed by atoms with Crippen LogP contribution in [0.1, 0.15) is 24.3 Å². The average Bonchev–Trinajstić information content (AvgIpc) is 2.46. The predicted octanol–water partition coefficient (Wildman–Crippen LogP) is 3.11. The molecule has 0 radical (unpaired) electrons. The molecule has 2 N–H and O–H groups in total. The number of aliphatic hydroxyl groups is 1. The molecular weight excluding hydrogens is 308 g/mol. The maximum absolute atomic E-state index is 13.7. The van der Waals surface area contributed by atoms with Gasteiger partial charge in [0.2, 0.25) is 0 Å². The number of hydrogen-bond donors (Lipinski definition) is 2. The van der Waals surface area contributed by atoms with Crippen molar-refractivity contribution >= 4 is 11.5 Å². The van der Waals surface area contributed by atoms with E-state index in [1.54, 1.807) is 0 Å². The fourth-order valence-electron chi connectivity index (χ4n) is 2.18. The summed E-state index contributed by atoms with van der Waals surface area (Å²) in [4.78, 5) is 14.2. The molecule has 0 fully saturated rings. The number of pyridine rings is 1. The van der Waals surface area contributed by atoms with Crippen molar-refractivity contribution in [2.45, 2.75) is 26.0 Å². The maximum atomic E-state index is 13.7. The first-order valence-electron chi connectivity index (χ1n) is 6.81. The van der Waals surface area contributed by atoms with Gasteiger partial charge in [0.05, 0.1) is 16.5 Å². The number of aromatic nitrogens is 1. The molecule has 0 aliphatic heterocycles. The quantitative estimate of drug-likeness (QED) is 0.652. The summed E-state index contributed by atoms with van der Waals surface area (Å²) in [6, 6.07) is 5.19. The zero-order valence-electron chi connectivity index (χ0n) is 12.5. The molecule has 2 atom stereocenters. The first-order chi connectivity index (χ1) is 10.8. The SMILES string of the molecule is Cc1nc(N[C@@H](C)[C@H](O)c2c(F)cccc2F)ccc1[N+](=O)[O-]. The number of anilines is 1. The molecule has 0 aliphatic rings. The van der Waals surface area contributed by atoms with E-state index in [1.165, 1.54) is 32.0 Å². The Labute approximate surface area is 130 Å². The van der Waals surface area contributed by atoms with Crippen molar-refractivity contribution < 1.29 is 18.8 Å². The zero-order chi connectivity index (χ0) is 17.1. The zero-order valence-corrected chi connectivity index (χ0v) is 12.5. The summed E-state index contributed by atoms with van der Waals surface area (Å²) in [5, 5.41) is 23.7. The highest BCUT2D eigenvalue weighted by atomic mass is 19.1. The molecule has 2 aromatic rings. The van der Waals surface area contributed by atoms with Gasteiger partial charge in [0.1, 0.15) is 29.3 Å². The topological polar surface area (TPSA) is 88.3 Å². The Bertz CT molecular complexity index is 720. The molecule has 1 aromatic heterocycles. The monoisotopic (exact) mass is 323 g/mol. The lowest BCUT2D eigenvalue weighted by Gasteiger charge is -2.22. The number of nitrogens with zero attached hydrogens (tertiary/aromatic N) is 2. The van der Waals surface area contributed by atoms with Crippen LogP contribution < -0.4 is 5.32 Å². The Kier molecular flexibility index (Phi) is 4.85. The molecular formula is C15H15F2N3O3. The molecule has 8 heteroatoms. The normalized spacial score (nSPS) is 13.4. The van der Waals surface area contributed by atoms with Crippen LogP contribution in [-0.2, 0) is 0 Å². The summed E-state index contributed by atoms with van der Waals surface area (Å²) in [5.41, 5.74) is -0.381. The Morgan fingerprint density at radius 3 is 2.39 bits per heavy atom. The summed E-state index contributed by atoms with van der Waals surface area (Å²) < 4.78 is 27.4. The molecule has 0 aliphatic carbocycles. The van der Waals surface area contributed by atoms with Gasteiger partial charge in [-0.2, -0.15) is 0 Å². The molecule has 0 spiro atoms. The predicted molar refractivity (Wildman–Crippen MR) is 80.0 cm³/mol. The third-order valence-corrected chi connectivity index (χ3v) is 3.40. The second kappa shape index (κ2) is 6.66. The molecule has 6 nitrogen and oxygen atoms in total. The van der Waals surface area contributed by atoms with Crippen LogP contribution in [0.3, 0.4) is 0 Å². The van der Waals surface area contributed by atoms with E-state index < -0.39 is 34.3 Å². The van der Waals surface area contributed by atoms with Crippen molar-refractivity contribution in [3.8, 4) is 0 Å². The average molecular weight is 323 g/mol. The Hall–Kier alpha value is -2.61. The van der Waals surface area contributed by atoms with E-state index in [0.29, 0.717) is 0 Å². The van der Waals surface area contributed by atoms with Crippen LogP contribution in [0.15, 0.2) is 30.3 Å². The molecule has 0 bridgehead atoms. The minimum atomic E-state index is -1.45. The van der Waals surface area contributed by atoms with E-state index in [4.69, 9.17) is 0 Å². The minimum absolute atomic E-state index is 0.135. The second-order valence-corrected chi connectivity index (χ2v) is 5.07. The fourth-order valence-corrected chi connectivity index (χ4v) is 2.18. The van der Waals surface area contributed by atoms with Crippen molar-refractivity contribution in [1.29, 1.82) is 0 Å². The van der Waals surface area contributed by atoms with Gasteiger partial charge < -0.3 is 10.4 Å². The van der Waals surface area contributed by atoms with Crippen LogP contribution in [0.5, 0.6) is 0 Å². The molecule has 23 heavy (non-hydrogen) atoms. The third kappa shape index (κ3) is 3.59. The van der Waals surface area contributed by atoms with Crippen LogP contribution in [0.4, 0.5) is 20.3 Å². The lowest BCUT2D eigenvalue weighted by atomic mass is 10.0. The molecule has 0 saturated heterocycles. The summed E-state index contributed by atoms with van der Waals surface area (Å²) >= 11 is 0. The number of aryl methyl sites for hydroxylation is 1. The number of rotatable bonds is 5. The van der Waals surface area contributed by atoms with Gasteiger partial charge in [0.15, 0.2) is 0 Å². The summed E-state index contributed by atoms with van der Waals surface area (Å²) in [6.07, 6.45) is -1.45. The van der Waals surface area contributed by atoms with E-state index >= 15 is 0 Å². The summed E-state index contributed by atoms with van der Waals surface area (Å²) in [6.45, 7) is 3.00. The van der Waals surface area contributed by atoms with Crippen molar-refractivity contribution in [3.05, 3.63) is 63.3 Å². The molecule has 0 unspecified atom stereocenters. The first-order valence-corrected chi connectivity index (χ1v) is 6.81. The number of nitro groups is 1. The maximum Gasteiger partial charge on any atom is 0.290 e. The van der Waals surface area contributed by atoms with E-state index in [9.17, 15) is 24.0 Å². The smallest absolute Gasteiger partial charge is 0.290 e. The van der Waals surface area contributed by atoms with Gasteiger partial charge in [-0.25, -0.2) is 13.8 Å². The van der Waals surface area contributed by atoms with Gasteiger partial charge in [-0.05, 0) is 32.0 Å². The van der Waals surface area contributed by atoms with Crippen LogP contribution >= 0.6 is 0 Å². The number of hydrogen-bond acceptors (Lipinski definition) is 5. The van der Waals surface area contributed by atoms with Gasteiger partial charge in [-0.1, -0.05) is 6.07 Å². The highest BCUT2D eigenvalue weighted by molar-refractivity contribution is 5.45. The highest BCUT2D eigenvalue weighted by Gasteiger charge is 2.24. The lowest BCUT2D eigenvalue weighted by molar-refractivity contribution is -0.385. The van der Waals surface area contributed by atoms with Crippen LogP contribution in [-0.4, -0.2) is 21.1 Å². The van der Waals surface area contributed by atoms with Gasteiger partial charge in [0, 0.05) is 6.07 Å². The number of halogens is 2. The van der Waals surface area contributed by atoms with Crippen LogP contribution in [0.2, 0.25) is 0 Å². The van der Waals surface area contributed by atoms with Crippen LogP contribution in [0, 0.1) is 28.7 Å². The van der Waals surface area contributed by atoms with Gasteiger partial charge in [-0.15, -0.1) is 0 Å². The number of aliphatic hydroxyl groups excluding tert-OH is 1. The first kappa shape index (κ1) is 16.8. The molecule has 0 saturated carbocycles. The highest BCUT2D eigenvalue weighted by Crippen LogP contribution is 2.26. The Morgan fingerprint density at radius 2 is 1.87 bits per heavy atom. The molecule has 1 aromatic carbocycles. The van der Waals surface area contributed by atoms with E-state index in [1.807, 2.05) is 0 Å². The van der Waals surface area contributed by atoms with Crippen molar-refractivity contribution in [3.63, 3.8) is 0 Å². The summed E-state index contributed by atoms with van der Waals surface area (Å²) in [5.74, 6) is -1.44. The molecule has 122 valence electrons. The van der Waals surface area contributed by atoms with Crippen LogP contribution in [0.25, 0.3) is 0 Å². The van der Waals surface area contributed by atoms with Crippen molar-refractivity contribution in [2.24, 2.45) is 0 Å². The Balaban J connectivity index is 2.20. The number of nitrogens with one attached hydrogen (secondary N) is 1. The van der Waals surface area contributed by atoms with Crippen molar-refractivity contribution in [2.75, 3.05) is 5.32 Å². The third-order valence-electron chi connectivity index (χ3n) is 3.40. The lowest BCUT2D eigenvalue weighted by Crippen LogP contribution is -2.26. The molecule has 1 heterocycles. The minimum Gasteiger partial charge on any atom is -0.386 e. The molecule has 2 rings (SSSR count). The Morgan fingerprint density at radius 1 is 1.26 bits per heavy atom. The van der Waals surface area contributed by atoms with Gasteiger partial charge in [0.25, 0.3) is 5.69 Å². The van der Waals surface area contributed by atoms with E-state index in [2.05, 4.69) is 10.3 Å². The molecule has 0 amide bonds. The van der Waals surface area contributed by atoms with Gasteiger partial charge in [-0.3, -0.25) is 10.1 Å². The standard InChI is InChI=1S/C15H15F2N3O3/c1-8-12(20(22)23)6-7-13(18-8)19-9(2)15(21)14-10(16)4-3-5-11(14)17/h3-7,9,15,21H,1-2H3,(H,18,19)/t9-,15-/m0/s1. The second-order valence-electron chi connectivity index (χ2n) is 5.07. The van der Waals surface area contributed by atoms with E-state index in [-0.39, 0.29) is 17.2 Å². The number of benzene rings is 1. The van der Waals surface area contributed by atoms with Gasteiger partial charge >= 0.3 is 0 Å². The largest absolute Gasteiger partial charge is 0.386 e. The fraction of sp³-hybridized carbons (Fsp3) is 0.267. The van der Waals surface area contributed by atoms with Crippen molar-refractivity contribution in [1.82, 2.24) is 4.98 Å². The van der Waals surface area contributed by atoms with E-state index in [0.717, 1.165) is 12.1 Å².